The quantitative estimate of drug-likeness (QED) is 0.0704. The van der Waals surface area contributed by atoms with Gasteiger partial charge in [0.15, 0.2) is 11.0 Å². The zero-order valence-electron chi connectivity index (χ0n) is 35.5. The molecule has 0 atom stereocenters. The van der Waals surface area contributed by atoms with Gasteiger partial charge in [0.2, 0.25) is 6.33 Å². The molecule has 2 nitrogen and oxygen atoms in total. The Hall–Kier alpha value is -5.47. The van der Waals surface area contributed by atoms with Gasteiger partial charge >= 0.3 is 49.4 Å². The molecule has 0 fully saturated rings. The average molecular weight is 1110 g/mol. The minimum atomic E-state index is -6.13. The minimum Gasteiger partial charge on any atom is -0.233 e. The molecule has 0 spiro atoms. The maximum Gasteiger partial charge on any atom is 0.416 e. The molecule has 0 amide bonds. The number of aromatic nitrogens is 2. The van der Waals surface area contributed by atoms with E-state index in [0.717, 1.165) is 6.54 Å². The minimum absolute atomic E-state index is 0.194. The van der Waals surface area contributed by atoms with Crippen molar-refractivity contribution in [1.82, 2.24) is 4.57 Å². The number of imidazole rings is 1. The van der Waals surface area contributed by atoms with E-state index in [1.165, 1.54) is 11.0 Å². The second-order valence-corrected chi connectivity index (χ2v) is 16.1. The van der Waals surface area contributed by atoms with Crippen molar-refractivity contribution in [3.05, 3.63) is 148 Å². The summed E-state index contributed by atoms with van der Waals surface area (Å²) < 4.78 is 345. The number of para-hydroxylation sites is 2. The summed E-state index contributed by atoms with van der Waals surface area (Å²) in [5, 5.41) is 0.194. The molecule has 0 bridgehead atoms. The lowest BCUT2D eigenvalue weighted by Crippen LogP contribution is -2.75. The van der Waals surface area contributed by atoms with Crippen LogP contribution in [-0.2, 0) is 63.0 Å². The van der Waals surface area contributed by atoms with E-state index in [2.05, 4.69) is 53.7 Å². The molecule has 0 radical (unpaired) electrons. The number of aryl methyl sites for hydroxylation is 2. The van der Waals surface area contributed by atoms with Gasteiger partial charge in [-0.25, -0.2) is 9.13 Å². The van der Waals surface area contributed by atoms with E-state index in [4.69, 9.17) is 23.2 Å². The van der Waals surface area contributed by atoms with Crippen LogP contribution in [0.1, 0.15) is 51.4 Å². The molecular formula is C43H27BCl2F24N2. The third-order valence-electron chi connectivity index (χ3n) is 10.7. The number of alkyl halides is 26. The van der Waals surface area contributed by atoms with Gasteiger partial charge in [-0.05, 0) is 43.3 Å². The first-order valence-electron chi connectivity index (χ1n) is 19.4. The van der Waals surface area contributed by atoms with Gasteiger partial charge in [0, 0.05) is 0 Å². The predicted molar refractivity (Wildman–Crippen MR) is 215 cm³/mol. The fourth-order valence-corrected chi connectivity index (χ4v) is 7.66. The van der Waals surface area contributed by atoms with E-state index in [1.807, 2.05) is 0 Å². The molecule has 5 aromatic carbocycles. The fraction of sp³-hybridized carbons (Fsp3) is 0.279. The largest absolute Gasteiger partial charge is 0.416 e. The van der Waals surface area contributed by atoms with Crippen molar-refractivity contribution in [3.63, 3.8) is 0 Å². The molecule has 72 heavy (non-hydrogen) atoms. The van der Waals surface area contributed by atoms with E-state index in [-0.39, 0.29) is 5.34 Å². The highest BCUT2D eigenvalue weighted by Gasteiger charge is 2.47. The van der Waals surface area contributed by atoms with E-state index < -0.39 is 195 Å². The van der Waals surface area contributed by atoms with Crippen LogP contribution in [0.15, 0.2) is 103 Å². The lowest BCUT2D eigenvalue weighted by atomic mass is 9.12. The van der Waals surface area contributed by atoms with Crippen LogP contribution >= 0.6 is 23.2 Å². The summed E-state index contributed by atoms with van der Waals surface area (Å²) in [6.07, 6.45) is -52.7. The molecule has 29 heteroatoms. The molecule has 0 N–H and O–H groups in total. The molecule has 394 valence electrons. The molecule has 0 aliphatic heterocycles. The van der Waals surface area contributed by atoms with Gasteiger partial charge in [-0.2, -0.15) is 127 Å². The Kier molecular flexibility index (Phi) is 16.8. The van der Waals surface area contributed by atoms with Gasteiger partial charge in [-0.3, -0.25) is 0 Å². The molecule has 6 aromatic rings. The predicted octanol–water partition coefficient (Wildman–Crippen LogP) is 14.1. The SMILES string of the molecule is CCn1c[n+](C)c2ccccc21.ClCCl.FC(F)(F)c1cc([B-](c2cc(C(F)(F)F)cc(C(F)(F)F)c2)(c2cc(C(F)(F)F)cc(C(F)(F)F)c2)c2cc(C(F)(F)F)cc(C(F)(F)F)c2)cc(C(F)(F)F)c1. The van der Waals surface area contributed by atoms with Crippen LogP contribution in [0.2, 0.25) is 0 Å². The van der Waals surface area contributed by atoms with Crippen LogP contribution < -0.4 is 26.4 Å². The molecule has 0 unspecified atom stereocenters. The average Bonchev–Trinajstić information content (AvgIpc) is 3.56. The Morgan fingerprint density at radius 3 is 0.792 bits per heavy atom. The fourth-order valence-electron chi connectivity index (χ4n) is 7.66. The van der Waals surface area contributed by atoms with Crippen molar-refractivity contribution in [2.45, 2.75) is 62.9 Å². The van der Waals surface area contributed by atoms with Crippen molar-refractivity contribution >= 4 is 62.2 Å². The van der Waals surface area contributed by atoms with Crippen molar-refractivity contribution in [2.75, 3.05) is 5.34 Å². The van der Waals surface area contributed by atoms with E-state index in [1.54, 1.807) is 0 Å². The van der Waals surface area contributed by atoms with Gasteiger partial charge in [0.1, 0.15) is 6.15 Å². The van der Waals surface area contributed by atoms with Gasteiger partial charge in [-0.15, -0.1) is 23.2 Å². The lowest BCUT2D eigenvalue weighted by Gasteiger charge is -2.46. The number of fused-ring (bicyclic) bond motifs is 1. The summed E-state index contributed by atoms with van der Waals surface area (Å²) in [6.45, 7) is 3.19. The first-order chi connectivity index (χ1) is 32.5. The smallest absolute Gasteiger partial charge is 0.233 e. The molecule has 0 aliphatic rings. The standard InChI is InChI=1S/C32H12BF24.C10H13N2.CH2Cl2/c34-25(35,36)13-1-14(26(37,38)39)6-21(5-13)33(22-7-15(27(40,41)42)2-16(8-22)28(43,44)45,23-9-17(29(46,47)48)3-18(10-23)30(49,50)51)24-11-19(31(52,53)54)4-20(12-24)32(55,56)57;1-3-12-8-11(2)9-6-4-5-7-10(9)12;2-1-3/h1-12H;4-8H,3H2,1-2H3;1H2/q-1;+1;. The van der Waals surface area contributed by atoms with E-state index >= 15 is 0 Å². The summed E-state index contributed by atoms with van der Waals surface area (Å²) in [7, 11) is 2.08. The number of hydrogen-bond acceptors (Lipinski definition) is 0. The molecule has 0 saturated carbocycles. The van der Waals surface area contributed by atoms with Gasteiger partial charge in [0.05, 0.1) is 63.4 Å². The van der Waals surface area contributed by atoms with Gasteiger partial charge in [0.25, 0.3) is 0 Å². The Morgan fingerprint density at radius 2 is 0.597 bits per heavy atom. The molecule has 0 saturated heterocycles. The van der Waals surface area contributed by atoms with Crippen LogP contribution in [0.5, 0.6) is 0 Å². The summed E-state index contributed by atoms with van der Waals surface area (Å²) >= 11 is 9.53. The van der Waals surface area contributed by atoms with E-state index in [9.17, 15) is 105 Å². The first kappa shape index (κ1) is 59.1. The van der Waals surface area contributed by atoms with Crippen LogP contribution in [-0.4, -0.2) is 16.1 Å². The molecule has 1 heterocycles. The van der Waals surface area contributed by atoms with Gasteiger partial charge < -0.3 is 0 Å². The summed E-state index contributed by atoms with van der Waals surface area (Å²) in [5.41, 5.74) is -27.6. The molecule has 6 rings (SSSR count). The second kappa shape index (κ2) is 20.4. The maximum absolute atomic E-state index is 14.2. The van der Waals surface area contributed by atoms with Crippen LogP contribution in [0.25, 0.3) is 11.0 Å². The second-order valence-electron chi connectivity index (χ2n) is 15.3. The number of benzene rings is 5. The zero-order chi connectivity index (χ0) is 55.2. The monoisotopic (exact) mass is 1110 g/mol. The van der Waals surface area contributed by atoms with Crippen LogP contribution in [0.3, 0.4) is 0 Å². The Labute approximate surface area is 399 Å². The Balaban J connectivity index is 0.000000637. The summed E-state index contributed by atoms with van der Waals surface area (Å²) in [4.78, 5) is 0. The molecular weight excluding hydrogens is 1080 g/mol. The van der Waals surface area contributed by atoms with Crippen LogP contribution in [0, 0.1) is 0 Å². The highest BCUT2D eigenvalue weighted by atomic mass is 35.5. The van der Waals surface area contributed by atoms with Crippen molar-refractivity contribution in [3.8, 4) is 0 Å². The summed E-state index contributed by atoms with van der Waals surface area (Å²) in [5.74, 6) is 0. The third kappa shape index (κ3) is 13.4. The van der Waals surface area contributed by atoms with Crippen molar-refractivity contribution in [2.24, 2.45) is 7.05 Å². The van der Waals surface area contributed by atoms with Crippen LogP contribution in [0.4, 0.5) is 105 Å². The zero-order valence-corrected chi connectivity index (χ0v) is 37.0. The maximum atomic E-state index is 14.2. The van der Waals surface area contributed by atoms with Gasteiger partial charge in [-0.1, -0.05) is 60.7 Å². The number of nitrogens with zero attached hydrogens (tertiary/aromatic N) is 2. The Bertz CT molecular complexity index is 2430. The van der Waals surface area contributed by atoms with E-state index in [0.29, 0.717) is 0 Å². The number of rotatable bonds is 5. The Morgan fingerprint density at radius 1 is 0.389 bits per heavy atom. The first-order valence-corrected chi connectivity index (χ1v) is 20.5. The van der Waals surface area contributed by atoms with Crippen molar-refractivity contribution in [1.29, 1.82) is 0 Å². The molecule has 0 aliphatic carbocycles. The molecule has 1 aromatic heterocycles. The topological polar surface area (TPSA) is 8.81 Å². The third-order valence-corrected chi connectivity index (χ3v) is 10.7. The lowest BCUT2D eigenvalue weighted by molar-refractivity contribution is -0.645. The number of halogens is 26. The summed E-state index contributed by atoms with van der Waals surface area (Å²) in [6, 6.07) is -0.369. The highest BCUT2D eigenvalue weighted by Crippen LogP contribution is 2.41. The number of hydrogen-bond donors (Lipinski definition) is 0. The normalized spacial score (nSPS) is 13.4. The van der Waals surface area contributed by atoms with Crippen molar-refractivity contribution < 1.29 is 110 Å². The highest BCUT2D eigenvalue weighted by molar-refractivity contribution is 7.20.